The number of hydrogen-bond donors (Lipinski definition) is 16. The highest BCUT2D eigenvalue weighted by Crippen LogP contribution is 2.28. The molecule has 0 bridgehead atoms. The third-order valence-electron chi connectivity index (χ3n) is 18.0. The van der Waals surface area contributed by atoms with Gasteiger partial charge >= 0.3 is 5.97 Å². The molecule has 1 aromatic heterocycles. The van der Waals surface area contributed by atoms with Crippen molar-refractivity contribution in [3.8, 4) is 5.75 Å². The largest absolute Gasteiger partial charge is 0.508 e. The second-order valence-corrected chi connectivity index (χ2v) is 29.7. The Morgan fingerprint density at radius 1 is 0.542 bits per heavy atom. The molecular formula is C74H105Cl2FN14O16. The van der Waals surface area contributed by atoms with Crippen LogP contribution in [0.5, 0.6) is 5.75 Å². The molecule has 107 heavy (non-hydrogen) atoms. The van der Waals surface area contributed by atoms with Crippen molar-refractivity contribution in [1.29, 1.82) is 0 Å². The van der Waals surface area contributed by atoms with Gasteiger partial charge < -0.3 is 84.5 Å². The van der Waals surface area contributed by atoms with Crippen LogP contribution >= 0.6 is 23.2 Å². The predicted octanol–water partition coefficient (Wildman–Crippen LogP) is 3.75. The highest BCUT2D eigenvalue weighted by Gasteiger charge is 2.43. The van der Waals surface area contributed by atoms with Crippen molar-refractivity contribution in [1.82, 2.24) is 68.5 Å². The number of carbonyl (C=O) groups excluding carboxylic acids is 12. The third kappa shape index (κ3) is 29.2. The van der Waals surface area contributed by atoms with Crippen molar-refractivity contribution in [3.63, 3.8) is 0 Å². The zero-order valence-corrected chi connectivity index (χ0v) is 64.0. The summed E-state index contributed by atoms with van der Waals surface area (Å²) < 4.78 is 14.3. The number of carboxylic acid groups (broad SMARTS) is 1. The van der Waals surface area contributed by atoms with Crippen LogP contribution in [0.25, 0.3) is 0 Å². The van der Waals surface area contributed by atoms with Gasteiger partial charge in [-0.1, -0.05) is 162 Å². The van der Waals surface area contributed by atoms with Crippen molar-refractivity contribution < 1.29 is 82.0 Å². The maximum atomic E-state index is 14.8. The Morgan fingerprint density at radius 3 is 1.50 bits per heavy atom. The standard InChI is InChI=1S/C74H105Cl2FN14O16/c1-13-16-17-21-49(62(78)97)82-54(94)32-33-80-64(99)53(36-45-37-79-38-81-45)85-67(102)51(34-42-22-26-44(77)27-23-42)84-65(100)50(30-31-55(95)96)83-66(101)52(35-43-24-28-46(93)29-25-43)86-70(105)59(41(6)92)89-68(103)57(39(4)14-2)87-72(107)61(74(10,11)12)91-69(104)58(40(5)15-3)88-71(106)60(73(7,8)9)90-63(98)47-19-18-20-48(75)56(47)76/h18-20,22-29,37-41,49-53,57-61,92-93H,13-17,21,30-36H2,1-12H3,(H2,78,97)(H,79,81)(H,80,99)(H,82,94)(H,83,101)(H,84,100)(H,85,102)(H,86,105)(H,87,107)(H,88,106)(H,89,103)(H,90,98)(H,91,104)(H,95,96)/t39-,40-,41+,49-,50+,51-,52-,53-,57-,58-,59-,60+,61+/m0/s1. The summed E-state index contributed by atoms with van der Waals surface area (Å²) >= 11 is 12.5. The van der Waals surface area contributed by atoms with Crippen LogP contribution in [0.15, 0.2) is 79.3 Å². The molecule has 0 aliphatic heterocycles. The second-order valence-electron chi connectivity index (χ2n) is 28.9. The van der Waals surface area contributed by atoms with Gasteiger partial charge in [-0.3, -0.25) is 62.3 Å². The van der Waals surface area contributed by atoms with Crippen molar-refractivity contribution in [2.75, 3.05) is 6.54 Å². The van der Waals surface area contributed by atoms with Crippen LogP contribution in [0, 0.1) is 28.5 Å². The van der Waals surface area contributed by atoms with Crippen LogP contribution in [0.4, 0.5) is 4.39 Å². The Morgan fingerprint density at radius 2 is 1.02 bits per heavy atom. The zero-order chi connectivity index (χ0) is 80.2. The summed E-state index contributed by atoms with van der Waals surface area (Å²) in [4.78, 5) is 189. The number of hydrogen-bond acceptors (Lipinski definition) is 16. The number of rotatable bonds is 42. The second kappa shape index (κ2) is 42.6. The maximum Gasteiger partial charge on any atom is 0.303 e. The fraction of sp³-hybridized carbons (Fsp3) is 0.541. The van der Waals surface area contributed by atoms with E-state index in [0.717, 1.165) is 31.9 Å². The van der Waals surface area contributed by atoms with Gasteiger partial charge in [-0.05, 0) is 90.0 Å². The highest BCUT2D eigenvalue weighted by atomic mass is 35.5. The number of phenols is 1. The molecule has 12 amide bonds. The van der Waals surface area contributed by atoms with E-state index in [9.17, 15) is 82.0 Å². The van der Waals surface area contributed by atoms with Crippen LogP contribution in [0.2, 0.25) is 10.0 Å². The van der Waals surface area contributed by atoms with Crippen LogP contribution < -0.4 is 64.2 Å². The fourth-order valence-electron chi connectivity index (χ4n) is 11.2. The number of nitrogens with two attached hydrogens (primary N) is 1. The molecule has 0 fully saturated rings. The van der Waals surface area contributed by atoms with Gasteiger partial charge in [0.15, 0.2) is 0 Å². The van der Waals surface area contributed by atoms with Crippen LogP contribution in [0.1, 0.15) is 168 Å². The minimum absolute atomic E-state index is 0.00409. The van der Waals surface area contributed by atoms with Gasteiger partial charge in [0.1, 0.15) is 72.0 Å². The Kier molecular flexibility index (Phi) is 35.7. The van der Waals surface area contributed by atoms with Crippen molar-refractivity contribution >= 4 is 100 Å². The molecule has 0 aliphatic rings. The molecule has 33 heteroatoms. The topological polar surface area (TPSA) is 470 Å². The smallest absolute Gasteiger partial charge is 0.303 e. The Bertz CT molecular complexity index is 3710. The molecule has 0 unspecified atom stereocenters. The molecule has 30 nitrogen and oxygen atoms in total. The number of phenolic OH excluding ortho intramolecular Hbond substituents is 1. The summed E-state index contributed by atoms with van der Waals surface area (Å²) in [6, 6.07) is -0.354. The van der Waals surface area contributed by atoms with E-state index in [0.29, 0.717) is 30.5 Å². The first-order valence-corrected chi connectivity index (χ1v) is 36.4. The van der Waals surface area contributed by atoms with E-state index in [1.54, 1.807) is 69.2 Å². The molecule has 17 N–H and O–H groups in total. The predicted molar refractivity (Wildman–Crippen MR) is 397 cm³/mol. The fourth-order valence-corrected chi connectivity index (χ4v) is 11.5. The van der Waals surface area contributed by atoms with Gasteiger partial charge in [0.2, 0.25) is 65.0 Å². The van der Waals surface area contributed by atoms with Gasteiger partial charge in [0, 0.05) is 50.5 Å². The SMILES string of the molecule is CCCCC[C@H](NC(=O)CCNC(=O)[C@H](Cc1cnc[nH]1)NC(=O)[C@H](Cc1ccc(F)cc1)NC(=O)[C@@H](CCC(=O)O)NC(=O)[C@H](Cc1ccc(O)cc1)NC(=O)[C@@H](NC(=O)[C@@H](NC(=O)[C@@H](NC(=O)[C@@H](NC(=O)[C@@H](NC(=O)c1cccc(Cl)c1Cl)C(C)(C)C)[C@@H](C)CC)C(C)(C)C)[C@@H](C)CC)[C@@H](C)O)C(N)=O. The average molecular weight is 1540 g/mol. The van der Waals surface area contributed by atoms with Gasteiger partial charge in [-0.15, -0.1) is 0 Å². The number of halogens is 3. The van der Waals surface area contributed by atoms with Crippen LogP contribution in [-0.4, -0.2) is 175 Å². The Labute approximate surface area is 632 Å². The lowest BCUT2D eigenvalue weighted by molar-refractivity contribution is -0.139. The van der Waals surface area contributed by atoms with Crippen molar-refractivity contribution in [2.45, 2.75) is 227 Å². The molecule has 588 valence electrons. The zero-order valence-electron chi connectivity index (χ0n) is 62.5. The summed E-state index contributed by atoms with van der Waals surface area (Å²) in [6.07, 6.45) is 1.41. The molecule has 4 rings (SSSR count). The molecule has 0 aliphatic carbocycles. The number of aliphatic carboxylic acids is 1. The molecule has 13 atom stereocenters. The number of carboxylic acids is 1. The first-order chi connectivity index (χ1) is 50.2. The van der Waals surface area contributed by atoms with E-state index in [4.69, 9.17) is 28.9 Å². The number of aliphatic hydroxyl groups excluding tert-OH is 1. The third-order valence-corrected chi connectivity index (χ3v) is 18.8. The number of primary amides is 1. The van der Waals surface area contributed by atoms with Crippen LogP contribution in [0.3, 0.4) is 0 Å². The first-order valence-electron chi connectivity index (χ1n) is 35.6. The number of benzene rings is 3. The number of aromatic amines is 1. The number of imidazole rings is 1. The number of nitrogens with zero attached hydrogens (tertiary/aromatic N) is 1. The molecule has 0 saturated heterocycles. The van der Waals surface area contributed by atoms with Crippen LogP contribution in [-0.2, 0) is 76.8 Å². The number of aliphatic hydroxyl groups is 1. The number of aromatic hydroxyl groups is 1. The summed E-state index contributed by atoms with van der Waals surface area (Å²) in [6.45, 7) is 19.7. The number of amides is 12. The Balaban J connectivity index is 1.64. The minimum Gasteiger partial charge on any atom is -0.508 e. The van der Waals surface area contributed by atoms with E-state index in [2.05, 4.69) is 68.5 Å². The molecule has 0 radical (unpaired) electrons. The lowest BCUT2D eigenvalue weighted by Gasteiger charge is -2.36. The monoisotopic (exact) mass is 1530 g/mol. The van der Waals surface area contributed by atoms with E-state index in [-0.39, 0.29) is 59.1 Å². The van der Waals surface area contributed by atoms with E-state index < -0.39 is 191 Å². The highest BCUT2D eigenvalue weighted by molar-refractivity contribution is 6.43. The van der Waals surface area contributed by atoms with Gasteiger partial charge in [-0.2, -0.15) is 0 Å². The van der Waals surface area contributed by atoms with Gasteiger partial charge in [0.25, 0.3) is 5.91 Å². The Hall–Kier alpha value is -9.75. The van der Waals surface area contributed by atoms with E-state index in [1.807, 2.05) is 6.92 Å². The van der Waals surface area contributed by atoms with Gasteiger partial charge in [0.05, 0.1) is 28.0 Å². The van der Waals surface area contributed by atoms with E-state index >= 15 is 0 Å². The minimum atomic E-state index is -1.90. The summed E-state index contributed by atoms with van der Waals surface area (Å²) in [5.74, 6) is -14.2. The molecule has 0 spiro atoms. The lowest BCUT2D eigenvalue weighted by Crippen LogP contribution is -2.64. The molecule has 4 aromatic rings. The summed E-state index contributed by atoms with van der Waals surface area (Å²) in [5.41, 5.74) is 4.44. The first kappa shape index (κ1) is 89.6. The number of carbonyl (C=O) groups is 13. The van der Waals surface area contributed by atoms with Gasteiger partial charge in [-0.25, -0.2) is 9.37 Å². The number of unbranched alkanes of at least 4 members (excludes halogenated alkanes) is 2. The molecular weight excluding hydrogens is 1430 g/mol. The molecule has 0 saturated carbocycles. The summed E-state index contributed by atoms with van der Waals surface area (Å²) in [7, 11) is 0. The van der Waals surface area contributed by atoms with E-state index in [1.165, 1.54) is 67.1 Å². The quantitative estimate of drug-likeness (QED) is 0.0281. The number of aromatic nitrogens is 2. The summed E-state index contributed by atoms with van der Waals surface area (Å²) in [5, 5.41) is 60.2. The molecule has 3 aromatic carbocycles. The average Bonchev–Trinajstić information content (AvgIpc) is 1.25. The number of H-pyrrole nitrogens is 1. The number of nitrogens with one attached hydrogen (secondary N) is 12. The normalized spacial score (nSPS) is 15.1. The van der Waals surface area contributed by atoms with Crippen molar-refractivity contribution in [2.24, 2.45) is 28.4 Å². The lowest BCUT2D eigenvalue weighted by atomic mass is 9.84. The maximum absolute atomic E-state index is 14.8. The van der Waals surface area contributed by atoms with Crippen molar-refractivity contribution in [3.05, 3.63) is 118 Å². The molecule has 1 heterocycles.